The van der Waals surface area contributed by atoms with E-state index in [1.165, 1.54) is 13.2 Å². The molecule has 6 heteroatoms. The summed E-state index contributed by atoms with van der Waals surface area (Å²) in [5.41, 5.74) is 0.871. The Labute approximate surface area is 123 Å². The highest BCUT2D eigenvalue weighted by Gasteiger charge is 2.15. The number of aromatic nitrogens is 1. The number of methoxy groups -OCH3 is 1. The van der Waals surface area contributed by atoms with Crippen LogP contribution in [0.2, 0.25) is 0 Å². The molecule has 4 nitrogen and oxygen atoms in total. The average molecular weight is 337 g/mol. The van der Waals surface area contributed by atoms with Gasteiger partial charge in [0.2, 0.25) is 0 Å². The Balaban J connectivity index is 2.76. The molecule has 1 aromatic carbocycles. The monoisotopic (exact) mass is 336 g/mol. The summed E-state index contributed by atoms with van der Waals surface area (Å²) >= 11 is 3.21. The van der Waals surface area contributed by atoms with Gasteiger partial charge in [-0.1, -0.05) is 0 Å². The second kappa shape index (κ2) is 5.47. The maximum atomic E-state index is 13.9. The van der Waals surface area contributed by atoms with E-state index < -0.39 is 11.4 Å². The number of nitrogens with one attached hydrogen (secondary N) is 1. The van der Waals surface area contributed by atoms with Crippen molar-refractivity contribution in [3.63, 3.8) is 0 Å². The predicted molar refractivity (Wildman–Crippen MR) is 76.2 cm³/mol. The molecule has 0 aliphatic rings. The minimum Gasteiger partial charge on any atom is -0.492 e. The third-order valence-electron chi connectivity index (χ3n) is 2.79. The van der Waals surface area contributed by atoms with Crippen molar-refractivity contribution in [2.24, 2.45) is 0 Å². The predicted octanol–water partition coefficient (Wildman–Crippen LogP) is 3.13. The van der Waals surface area contributed by atoms with Crippen LogP contribution in [0.3, 0.4) is 0 Å². The number of benzene rings is 1. The van der Waals surface area contributed by atoms with Crippen molar-refractivity contribution in [3.8, 4) is 22.9 Å². The van der Waals surface area contributed by atoms with Gasteiger partial charge in [0.05, 0.1) is 11.6 Å². The highest BCUT2D eigenvalue weighted by atomic mass is 79.9. The number of aromatic amines is 1. The van der Waals surface area contributed by atoms with Crippen LogP contribution in [0.4, 0.5) is 4.39 Å². The number of H-pyrrole nitrogens is 1. The molecule has 0 spiro atoms. The summed E-state index contributed by atoms with van der Waals surface area (Å²) in [7, 11) is 1.36. The Kier molecular flexibility index (Phi) is 3.91. The summed E-state index contributed by atoms with van der Waals surface area (Å²) in [6.07, 6.45) is 0. The van der Waals surface area contributed by atoms with Crippen LogP contribution < -0.4 is 10.3 Å². The molecule has 20 heavy (non-hydrogen) atoms. The van der Waals surface area contributed by atoms with E-state index in [2.05, 4.69) is 20.9 Å². The fourth-order valence-electron chi connectivity index (χ4n) is 1.94. The second-order valence-electron chi connectivity index (χ2n) is 4.16. The van der Waals surface area contributed by atoms with Gasteiger partial charge in [-0.05, 0) is 46.6 Å². The molecule has 0 fully saturated rings. The van der Waals surface area contributed by atoms with Crippen molar-refractivity contribution in [1.82, 2.24) is 4.98 Å². The topological polar surface area (TPSA) is 65.9 Å². The highest BCUT2D eigenvalue weighted by Crippen LogP contribution is 2.34. The first-order valence-electron chi connectivity index (χ1n) is 5.65. The zero-order valence-corrected chi connectivity index (χ0v) is 12.3. The number of nitriles is 1. The molecule has 2 rings (SSSR count). The van der Waals surface area contributed by atoms with E-state index in [0.717, 1.165) is 0 Å². The van der Waals surface area contributed by atoms with Crippen molar-refractivity contribution in [3.05, 3.63) is 50.1 Å². The van der Waals surface area contributed by atoms with Crippen LogP contribution in [0.5, 0.6) is 5.75 Å². The molecule has 0 saturated heterocycles. The number of pyridine rings is 1. The summed E-state index contributed by atoms with van der Waals surface area (Å²) in [4.78, 5) is 14.3. The van der Waals surface area contributed by atoms with E-state index in [9.17, 15) is 9.18 Å². The van der Waals surface area contributed by atoms with Crippen LogP contribution in [-0.4, -0.2) is 12.1 Å². The van der Waals surface area contributed by atoms with Crippen LogP contribution >= 0.6 is 15.9 Å². The lowest BCUT2D eigenvalue weighted by Crippen LogP contribution is -2.12. The van der Waals surface area contributed by atoms with E-state index in [1.807, 2.05) is 6.07 Å². The van der Waals surface area contributed by atoms with Crippen molar-refractivity contribution in [2.75, 3.05) is 7.11 Å². The molecule has 0 saturated carbocycles. The van der Waals surface area contributed by atoms with Gasteiger partial charge in [-0.15, -0.1) is 0 Å². The van der Waals surface area contributed by atoms with Crippen molar-refractivity contribution >= 4 is 15.9 Å². The van der Waals surface area contributed by atoms with Gasteiger partial charge < -0.3 is 9.72 Å². The number of rotatable bonds is 2. The summed E-state index contributed by atoms with van der Waals surface area (Å²) in [5, 5.41) is 9.09. The van der Waals surface area contributed by atoms with Gasteiger partial charge in [-0.25, -0.2) is 4.39 Å². The van der Waals surface area contributed by atoms with Gasteiger partial charge in [0.1, 0.15) is 11.6 Å². The maximum Gasteiger partial charge on any atom is 0.266 e. The van der Waals surface area contributed by atoms with Crippen LogP contribution in [0.25, 0.3) is 11.1 Å². The van der Waals surface area contributed by atoms with E-state index in [0.29, 0.717) is 21.3 Å². The first kappa shape index (κ1) is 14.3. The normalized spacial score (nSPS) is 10.2. The molecule has 0 amide bonds. The van der Waals surface area contributed by atoms with Crippen LogP contribution in [-0.2, 0) is 0 Å². The fraction of sp³-hybridized carbons (Fsp3) is 0.143. The van der Waals surface area contributed by atoms with Gasteiger partial charge >= 0.3 is 0 Å². The number of halogens is 2. The van der Waals surface area contributed by atoms with Crippen LogP contribution in [0.1, 0.15) is 11.3 Å². The first-order chi connectivity index (χ1) is 9.47. The molecule has 0 aliphatic heterocycles. The molecule has 0 unspecified atom stereocenters. The molecule has 0 bridgehead atoms. The number of nitrogens with zero attached hydrogens (tertiary/aromatic N) is 1. The van der Waals surface area contributed by atoms with Gasteiger partial charge in [0.15, 0.2) is 11.6 Å². The number of hydrogen-bond donors (Lipinski definition) is 1. The molecule has 102 valence electrons. The SMILES string of the molecule is COc1c(F)cc(-c2cc(C)[nH]c(=O)c2C#N)cc1Br. The minimum atomic E-state index is -0.571. The average Bonchev–Trinajstić information content (AvgIpc) is 2.37. The molecule has 1 N–H and O–H groups in total. The Hall–Kier alpha value is -2.13. The molecule has 0 atom stereocenters. The molecule has 1 heterocycles. The third kappa shape index (κ3) is 2.45. The van der Waals surface area contributed by atoms with Gasteiger partial charge in [-0.3, -0.25) is 4.79 Å². The number of hydrogen-bond acceptors (Lipinski definition) is 3. The van der Waals surface area contributed by atoms with Gasteiger partial charge in [0.25, 0.3) is 5.56 Å². The summed E-state index contributed by atoms with van der Waals surface area (Å²) in [6.45, 7) is 1.70. The number of ether oxygens (including phenoxy) is 1. The van der Waals surface area contributed by atoms with Gasteiger partial charge in [0, 0.05) is 11.3 Å². The zero-order valence-electron chi connectivity index (χ0n) is 10.8. The summed E-state index contributed by atoms with van der Waals surface area (Å²) < 4.78 is 19.2. The Morgan fingerprint density at radius 2 is 2.10 bits per heavy atom. The summed E-state index contributed by atoms with van der Waals surface area (Å²) in [6, 6.07) is 6.32. The first-order valence-corrected chi connectivity index (χ1v) is 6.44. The molecular weight excluding hydrogens is 327 g/mol. The molecule has 1 aromatic heterocycles. The molecular formula is C14H10BrFN2O2. The highest BCUT2D eigenvalue weighted by molar-refractivity contribution is 9.10. The Bertz CT molecular complexity index is 755. The molecule has 0 aliphatic carbocycles. The van der Waals surface area contributed by atoms with E-state index in [1.54, 1.807) is 19.1 Å². The van der Waals surface area contributed by atoms with E-state index in [-0.39, 0.29) is 11.3 Å². The lowest BCUT2D eigenvalue weighted by atomic mass is 10.0. The van der Waals surface area contributed by atoms with Crippen molar-refractivity contribution in [2.45, 2.75) is 6.92 Å². The van der Waals surface area contributed by atoms with E-state index in [4.69, 9.17) is 10.00 Å². The zero-order chi connectivity index (χ0) is 14.9. The summed E-state index contributed by atoms with van der Waals surface area (Å²) in [5.74, 6) is -0.493. The van der Waals surface area contributed by atoms with E-state index >= 15 is 0 Å². The lowest BCUT2D eigenvalue weighted by molar-refractivity contribution is 0.384. The Morgan fingerprint density at radius 3 is 2.65 bits per heavy atom. The lowest BCUT2D eigenvalue weighted by Gasteiger charge is -2.09. The van der Waals surface area contributed by atoms with Crippen LogP contribution in [0, 0.1) is 24.1 Å². The smallest absolute Gasteiger partial charge is 0.266 e. The van der Waals surface area contributed by atoms with Gasteiger partial charge in [-0.2, -0.15) is 5.26 Å². The third-order valence-corrected chi connectivity index (χ3v) is 3.38. The van der Waals surface area contributed by atoms with Crippen molar-refractivity contribution in [1.29, 1.82) is 5.26 Å². The minimum absolute atomic E-state index is 0.0490. The number of aryl methyl sites for hydroxylation is 1. The largest absolute Gasteiger partial charge is 0.492 e. The fourth-order valence-corrected chi connectivity index (χ4v) is 2.54. The maximum absolute atomic E-state index is 13.9. The quantitative estimate of drug-likeness (QED) is 0.916. The van der Waals surface area contributed by atoms with Crippen LogP contribution in [0.15, 0.2) is 27.5 Å². The molecule has 2 aromatic rings. The standard InChI is InChI=1S/C14H10BrFN2O2/c1-7-3-9(10(6-17)14(19)18-7)8-4-11(15)13(20-2)12(16)5-8/h3-5H,1-2H3,(H,18,19). The van der Waals surface area contributed by atoms with Crippen molar-refractivity contribution < 1.29 is 9.13 Å². The second-order valence-corrected chi connectivity index (χ2v) is 5.01. The Morgan fingerprint density at radius 1 is 1.40 bits per heavy atom. The molecule has 0 radical (unpaired) electrons.